The van der Waals surface area contributed by atoms with Crippen molar-refractivity contribution in [3.63, 3.8) is 0 Å². The van der Waals surface area contributed by atoms with Crippen molar-refractivity contribution in [1.29, 1.82) is 0 Å². The molecule has 0 bridgehead atoms. The van der Waals surface area contributed by atoms with Crippen LogP contribution in [0, 0.1) is 0 Å². The van der Waals surface area contributed by atoms with E-state index < -0.39 is 18.3 Å². The molecule has 0 radical (unpaired) electrons. The quantitative estimate of drug-likeness (QED) is 0.483. The molecule has 3 heterocycles. The number of rotatable bonds is 4. The molecule has 1 saturated heterocycles. The van der Waals surface area contributed by atoms with E-state index in [0.29, 0.717) is 26.2 Å². The van der Waals surface area contributed by atoms with Crippen molar-refractivity contribution >= 4 is 27.7 Å². The second-order valence-electron chi connectivity index (χ2n) is 8.95. The largest absolute Gasteiger partial charge is 0.410 e. The van der Waals surface area contributed by atoms with Gasteiger partial charge in [0.2, 0.25) is 0 Å². The maximum atomic E-state index is 14.0. The molecule has 1 fully saturated rings. The third-order valence-corrected chi connectivity index (χ3v) is 7.12. The van der Waals surface area contributed by atoms with E-state index in [2.05, 4.69) is 43.4 Å². The zero-order valence-electron chi connectivity index (χ0n) is 18.9. The second kappa shape index (κ2) is 9.66. The molecule has 0 aliphatic carbocycles. The topological polar surface area (TPSA) is 53.4 Å². The lowest BCUT2D eigenvalue weighted by molar-refractivity contribution is -0.173. The van der Waals surface area contributed by atoms with Gasteiger partial charge in [0.25, 0.3) is 5.91 Å². The molecule has 2 atom stereocenters. The predicted molar refractivity (Wildman–Crippen MR) is 130 cm³/mol. The molecular weight excluding hydrogens is 523 g/mol. The van der Waals surface area contributed by atoms with Gasteiger partial charge in [0.1, 0.15) is 5.82 Å². The standard InChI is InChI=1S/C25H25BrF3N5O/c26-19-8-6-18(7-9-19)20-14-22(25(27,28)29)34-23(30-20)15-21(31-34)24(35)33-12-10-32(11-13-33)16-17-4-2-1-3-5-17/h1-9,15,20,22,30H,10-14,16H2/t20-,22-/m1/s1. The number of alkyl halides is 3. The number of aromatic nitrogens is 2. The van der Waals surface area contributed by atoms with Crippen LogP contribution in [0.3, 0.4) is 0 Å². The molecule has 0 spiro atoms. The first kappa shape index (κ1) is 23.9. The summed E-state index contributed by atoms with van der Waals surface area (Å²) in [4.78, 5) is 17.1. The van der Waals surface area contributed by atoms with Crippen molar-refractivity contribution in [1.82, 2.24) is 19.6 Å². The molecule has 1 N–H and O–H groups in total. The van der Waals surface area contributed by atoms with Gasteiger partial charge in [0.15, 0.2) is 11.7 Å². The van der Waals surface area contributed by atoms with Gasteiger partial charge in [-0.2, -0.15) is 18.3 Å². The number of carbonyl (C=O) groups excluding carboxylic acids is 1. The van der Waals surface area contributed by atoms with Crippen LogP contribution in [0.25, 0.3) is 0 Å². The monoisotopic (exact) mass is 547 g/mol. The highest BCUT2D eigenvalue weighted by atomic mass is 79.9. The Labute approximate surface area is 209 Å². The van der Waals surface area contributed by atoms with Crippen molar-refractivity contribution in [2.75, 3.05) is 31.5 Å². The molecule has 10 heteroatoms. The molecule has 2 aromatic carbocycles. The lowest BCUT2D eigenvalue weighted by Crippen LogP contribution is -2.48. The smallest absolute Gasteiger partial charge is 0.363 e. The summed E-state index contributed by atoms with van der Waals surface area (Å²) in [5, 5.41) is 7.28. The van der Waals surface area contributed by atoms with Gasteiger partial charge in [-0.05, 0) is 23.3 Å². The average molecular weight is 548 g/mol. The Morgan fingerprint density at radius 3 is 2.37 bits per heavy atom. The van der Waals surface area contributed by atoms with Crippen LogP contribution in [0.1, 0.15) is 40.1 Å². The Balaban J connectivity index is 1.30. The fourth-order valence-corrected chi connectivity index (χ4v) is 4.97. The van der Waals surface area contributed by atoms with Gasteiger partial charge in [-0.25, -0.2) is 4.68 Å². The number of hydrogen-bond acceptors (Lipinski definition) is 4. The SMILES string of the molecule is O=C(c1cc2n(n1)[C@@H](C(F)(F)F)C[C@H](c1ccc(Br)cc1)N2)N1CCN(Cc2ccccc2)CC1. The first-order valence-electron chi connectivity index (χ1n) is 11.5. The highest BCUT2D eigenvalue weighted by Crippen LogP contribution is 2.43. The van der Waals surface area contributed by atoms with E-state index in [-0.39, 0.29) is 23.8 Å². The van der Waals surface area contributed by atoms with Crippen molar-refractivity contribution in [3.05, 3.63) is 82.0 Å². The number of fused-ring (bicyclic) bond motifs is 1. The van der Waals surface area contributed by atoms with E-state index in [0.717, 1.165) is 21.3 Å². The summed E-state index contributed by atoms with van der Waals surface area (Å²) < 4.78 is 43.7. The molecule has 0 saturated carbocycles. The minimum absolute atomic E-state index is 0.0368. The van der Waals surface area contributed by atoms with Gasteiger partial charge in [0, 0.05) is 49.7 Å². The molecule has 0 unspecified atom stereocenters. The van der Waals surface area contributed by atoms with E-state index in [1.165, 1.54) is 11.6 Å². The summed E-state index contributed by atoms with van der Waals surface area (Å²) in [6, 6.07) is 16.4. The van der Waals surface area contributed by atoms with Gasteiger partial charge in [0.05, 0.1) is 6.04 Å². The Morgan fingerprint density at radius 1 is 1.03 bits per heavy atom. The number of amides is 1. The third kappa shape index (κ3) is 5.23. The van der Waals surface area contributed by atoms with Crippen LogP contribution in [-0.2, 0) is 6.54 Å². The van der Waals surface area contributed by atoms with E-state index in [9.17, 15) is 18.0 Å². The van der Waals surface area contributed by atoms with E-state index in [4.69, 9.17) is 0 Å². The summed E-state index contributed by atoms with van der Waals surface area (Å²) >= 11 is 3.36. The number of benzene rings is 2. The molecule has 184 valence electrons. The van der Waals surface area contributed by atoms with Crippen molar-refractivity contribution in [3.8, 4) is 0 Å². The van der Waals surface area contributed by atoms with E-state index >= 15 is 0 Å². The van der Waals surface area contributed by atoms with Crippen LogP contribution >= 0.6 is 15.9 Å². The first-order chi connectivity index (χ1) is 16.8. The summed E-state index contributed by atoms with van der Waals surface area (Å²) in [6.07, 6.45) is -4.69. The maximum absolute atomic E-state index is 14.0. The van der Waals surface area contributed by atoms with Crippen LogP contribution < -0.4 is 5.32 Å². The lowest BCUT2D eigenvalue weighted by atomic mass is 9.97. The molecular formula is C25H25BrF3N5O. The van der Waals surface area contributed by atoms with Crippen LogP contribution in [0.5, 0.6) is 0 Å². The number of nitrogens with zero attached hydrogens (tertiary/aromatic N) is 4. The highest BCUT2D eigenvalue weighted by Gasteiger charge is 2.47. The number of halogens is 4. The molecule has 1 aromatic heterocycles. The summed E-state index contributed by atoms with van der Waals surface area (Å²) in [6.45, 7) is 3.21. The lowest BCUT2D eigenvalue weighted by Gasteiger charge is -2.34. The Morgan fingerprint density at radius 2 is 1.71 bits per heavy atom. The maximum Gasteiger partial charge on any atom is 0.410 e. The Kier molecular flexibility index (Phi) is 6.59. The first-order valence-corrected chi connectivity index (χ1v) is 12.3. The van der Waals surface area contributed by atoms with Crippen LogP contribution in [0.2, 0.25) is 0 Å². The van der Waals surface area contributed by atoms with Gasteiger partial charge in [-0.1, -0.05) is 58.4 Å². The van der Waals surface area contributed by atoms with Crippen molar-refractivity contribution < 1.29 is 18.0 Å². The molecule has 5 rings (SSSR count). The molecule has 3 aromatic rings. The summed E-state index contributed by atoms with van der Waals surface area (Å²) in [7, 11) is 0. The summed E-state index contributed by atoms with van der Waals surface area (Å²) in [5.74, 6) is -0.133. The van der Waals surface area contributed by atoms with E-state index in [1.807, 2.05) is 18.2 Å². The van der Waals surface area contributed by atoms with E-state index in [1.54, 1.807) is 29.2 Å². The number of piperazine rings is 1. The van der Waals surface area contributed by atoms with Gasteiger partial charge in [-0.15, -0.1) is 0 Å². The Bertz CT molecular complexity index is 1170. The zero-order valence-corrected chi connectivity index (χ0v) is 20.5. The average Bonchev–Trinajstić information content (AvgIpc) is 3.28. The molecule has 2 aliphatic rings. The third-order valence-electron chi connectivity index (χ3n) is 6.59. The van der Waals surface area contributed by atoms with Crippen LogP contribution in [0.4, 0.5) is 19.0 Å². The number of hydrogen-bond donors (Lipinski definition) is 1. The highest BCUT2D eigenvalue weighted by molar-refractivity contribution is 9.10. The summed E-state index contributed by atoms with van der Waals surface area (Å²) in [5.41, 5.74) is 1.99. The minimum atomic E-state index is -4.49. The van der Waals surface area contributed by atoms with Crippen LogP contribution in [0.15, 0.2) is 65.1 Å². The van der Waals surface area contributed by atoms with Crippen molar-refractivity contribution in [2.45, 2.75) is 31.2 Å². The zero-order chi connectivity index (χ0) is 24.6. The van der Waals surface area contributed by atoms with Gasteiger partial charge < -0.3 is 10.2 Å². The van der Waals surface area contributed by atoms with Gasteiger partial charge in [-0.3, -0.25) is 9.69 Å². The fraction of sp³-hybridized carbons (Fsp3) is 0.360. The number of nitrogens with one attached hydrogen (secondary N) is 1. The normalized spacial score (nSPS) is 20.9. The second-order valence-corrected chi connectivity index (χ2v) is 9.87. The molecule has 6 nitrogen and oxygen atoms in total. The molecule has 1 amide bonds. The van der Waals surface area contributed by atoms with Crippen molar-refractivity contribution in [2.24, 2.45) is 0 Å². The minimum Gasteiger partial charge on any atom is -0.363 e. The molecule has 35 heavy (non-hydrogen) atoms. The Hall–Kier alpha value is -2.85. The predicted octanol–water partition coefficient (Wildman–Crippen LogP) is 5.26. The van der Waals surface area contributed by atoms with Gasteiger partial charge >= 0.3 is 6.18 Å². The number of anilines is 1. The van der Waals surface area contributed by atoms with Crippen LogP contribution in [-0.4, -0.2) is 57.8 Å². The molecule has 2 aliphatic heterocycles. The number of carbonyl (C=O) groups is 1. The fourth-order valence-electron chi connectivity index (χ4n) is 4.70.